The van der Waals surface area contributed by atoms with Gasteiger partial charge >= 0.3 is 0 Å². The summed E-state index contributed by atoms with van der Waals surface area (Å²) in [5, 5.41) is 7.77. The summed E-state index contributed by atoms with van der Waals surface area (Å²) >= 11 is 9.55. The SMILES string of the molecule is Brc1cc(N(c2ccccc2)c2ccc3c(c2)sc2ccccc23)cc(N(c2ccc3c(c2)sc2ccccc23)c2ccc3sc4ccccc4c3c2)c1. The minimum absolute atomic E-state index is 1.01. The van der Waals surface area contributed by atoms with E-state index in [2.05, 4.69) is 202 Å². The summed E-state index contributed by atoms with van der Waals surface area (Å²) < 4.78 is 8.78. The van der Waals surface area contributed by atoms with Crippen LogP contribution in [0.2, 0.25) is 0 Å². The number of hydrogen-bond acceptors (Lipinski definition) is 5. The van der Waals surface area contributed by atoms with Gasteiger partial charge in [0.25, 0.3) is 0 Å². The molecule has 0 bridgehead atoms. The minimum atomic E-state index is 1.01. The Kier molecular flexibility index (Phi) is 7.59. The molecule has 0 atom stereocenters. The maximum absolute atomic E-state index is 3.98. The Morgan fingerprint density at radius 2 is 0.685 bits per heavy atom. The van der Waals surface area contributed by atoms with Crippen molar-refractivity contribution in [1.82, 2.24) is 0 Å². The summed E-state index contributed by atoms with van der Waals surface area (Å²) in [7, 11) is 0. The average molecular weight is 810 g/mol. The van der Waals surface area contributed by atoms with Gasteiger partial charge in [-0.05, 0) is 91.0 Å². The topological polar surface area (TPSA) is 6.48 Å². The number of halogens is 1. The van der Waals surface area contributed by atoms with E-state index < -0.39 is 0 Å². The van der Waals surface area contributed by atoms with Gasteiger partial charge in [0.05, 0.1) is 0 Å². The molecule has 0 aliphatic heterocycles. The van der Waals surface area contributed by atoms with Gasteiger partial charge in [0.2, 0.25) is 0 Å². The Morgan fingerprint density at radius 1 is 0.278 bits per heavy atom. The van der Waals surface area contributed by atoms with Gasteiger partial charge in [-0.15, -0.1) is 34.0 Å². The van der Waals surface area contributed by atoms with Crippen LogP contribution in [-0.2, 0) is 0 Å². The third-order valence-electron chi connectivity index (χ3n) is 10.3. The highest BCUT2D eigenvalue weighted by molar-refractivity contribution is 9.10. The minimum Gasteiger partial charge on any atom is -0.310 e. The quantitative estimate of drug-likeness (QED) is 0.165. The summed E-state index contributed by atoms with van der Waals surface area (Å²) in [4.78, 5) is 4.79. The predicted octanol–water partition coefficient (Wildman–Crippen LogP) is 16.5. The van der Waals surface area contributed by atoms with Crippen molar-refractivity contribution in [1.29, 1.82) is 0 Å². The van der Waals surface area contributed by atoms with E-state index in [1.165, 1.54) is 60.5 Å². The van der Waals surface area contributed by atoms with Crippen LogP contribution in [0.1, 0.15) is 0 Å². The smallest absolute Gasteiger partial charge is 0.0493 e. The molecule has 0 saturated carbocycles. The fourth-order valence-corrected chi connectivity index (χ4v) is 11.7. The molecule has 0 spiro atoms. The Bertz CT molecular complexity index is 3210. The number of rotatable bonds is 6. The summed E-state index contributed by atoms with van der Waals surface area (Å²) in [6.07, 6.45) is 0. The van der Waals surface area contributed by atoms with Crippen LogP contribution < -0.4 is 9.80 Å². The van der Waals surface area contributed by atoms with Crippen LogP contribution in [0.3, 0.4) is 0 Å². The molecule has 3 aromatic heterocycles. The van der Waals surface area contributed by atoms with Crippen molar-refractivity contribution < 1.29 is 0 Å². The lowest BCUT2D eigenvalue weighted by atomic mass is 10.1. The Labute approximate surface area is 332 Å². The van der Waals surface area contributed by atoms with Gasteiger partial charge in [-0.25, -0.2) is 0 Å². The van der Waals surface area contributed by atoms with E-state index in [1.54, 1.807) is 0 Å². The monoisotopic (exact) mass is 808 g/mol. The van der Waals surface area contributed by atoms with Gasteiger partial charge in [-0.1, -0.05) is 101 Å². The highest BCUT2D eigenvalue weighted by atomic mass is 79.9. The molecule has 256 valence electrons. The molecule has 0 saturated heterocycles. The van der Waals surface area contributed by atoms with E-state index in [0.717, 1.165) is 38.6 Å². The van der Waals surface area contributed by atoms with Gasteiger partial charge in [0.1, 0.15) is 0 Å². The van der Waals surface area contributed by atoms with E-state index in [4.69, 9.17) is 0 Å². The third kappa shape index (κ3) is 5.32. The molecule has 2 nitrogen and oxygen atoms in total. The van der Waals surface area contributed by atoms with Gasteiger partial charge in [0.15, 0.2) is 0 Å². The number of benzene rings is 8. The van der Waals surface area contributed by atoms with Crippen molar-refractivity contribution in [3.8, 4) is 0 Å². The molecule has 6 heteroatoms. The maximum Gasteiger partial charge on any atom is 0.0493 e. The van der Waals surface area contributed by atoms with Crippen molar-refractivity contribution in [3.05, 3.63) is 180 Å². The molecular formula is C48H29BrN2S3. The van der Waals surface area contributed by atoms with E-state index >= 15 is 0 Å². The van der Waals surface area contributed by atoms with Crippen molar-refractivity contribution in [2.24, 2.45) is 0 Å². The molecule has 0 N–H and O–H groups in total. The van der Waals surface area contributed by atoms with Crippen LogP contribution in [0.5, 0.6) is 0 Å². The standard InChI is InChI=1S/C48H29BrN2S3/c49-30-24-35(50(31-10-2-1-3-11-31)33-18-21-40-37-12-4-7-15-43(37)53-47(40)28-33)26-36(25-30)51(32-20-23-46-42(27-32)39-14-6-9-17-45(39)52-46)34-19-22-41-38-13-5-8-16-44(38)54-48(41)29-34/h1-29H. The Morgan fingerprint density at radius 3 is 1.26 bits per heavy atom. The normalized spacial score (nSPS) is 11.8. The van der Waals surface area contributed by atoms with Gasteiger partial charge < -0.3 is 9.80 Å². The second-order valence-corrected chi connectivity index (χ2v) is 17.7. The zero-order valence-corrected chi connectivity index (χ0v) is 32.8. The molecule has 0 fully saturated rings. The zero-order valence-electron chi connectivity index (χ0n) is 28.7. The average Bonchev–Trinajstić information content (AvgIpc) is 3.89. The summed E-state index contributed by atoms with van der Waals surface area (Å²) in [5.74, 6) is 0. The lowest BCUT2D eigenvalue weighted by Crippen LogP contribution is -2.13. The molecule has 54 heavy (non-hydrogen) atoms. The van der Waals surface area contributed by atoms with Crippen molar-refractivity contribution in [2.45, 2.75) is 0 Å². The van der Waals surface area contributed by atoms with E-state index in [-0.39, 0.29) is 0 Å². The van der Waals surface area contributed by atoms with Crippen LogP contribution in [0, 0.1) is 0 Å². The molecule has 11 rings (SSSR count). The number of anilines is 6. The highest BCUT2D eigenvalue weighted by Gasteiger charge is 2.21. The first-order chi connectivity index (χ1) is 26.6. The summed E-state index contributed by atoms with van der Waals surface area (Å²) in [6.45, 7) is 0. The predicted molar refractivity (Wildman–Crippen MR) is 242 cm³/mol. The molecule has 0 aliphatic carbocycles. The number of hydrogen-bond donors (Lipinski definition) is 0. The largest absolute Gasteiger partial charge is 0.310 e. The van der Waals surface area contributed by atoms with Crippen LogP contribution in [0.25, 0.3) is 60.5 Å². The van der Waals surface area contributed by atoms with Crippen LogP contribution in [-0.4, -0.2) is 0 Å². The van der Waals surface area contributed by atoms with E-state index in [1.807, 2.05) is 34.0 Å². The number of nitrogens with zero attached hydrogens (tertiary/aromatic N) is 2. The molecular weight excluding hydrogens is 781 g/mol. The third-order valence-corrected chi connectivity index (χ3v) is 14.1. The van der Waals surface area contributed by atoms with Crippen LogP contribution >= 0.6 is 49.9 Å². The maximum atomic E-state index is 3.98. The van der Waals surface area contributed by atoms with Crippen molar-refractivity contribution in [3.63, 3.8) is 0 Å². The highest BCUT2D eigenvalue weighted by Crippen LogP contribution is 2.47. The van der Waals surface area contributed by atoms with E-state index in [9.17, 15) is 0 Å². The van der Waals surface area contributed by atoms with E-state index in [0.29, 0.717) is 0 Å². The Hall–Kier alpha value is -5.50. The van der Waals surface area contributed by atoms with Crippen molar-refractivity contribution in [2.75, 3.05) is 9.80 Å². The molecule has 0 amide bonds. The van der Waals surface area contributed by atoms with Gasteiger partial charge in [-0.3, -0.25) is 0 Å². The number of para-hydroxylation sites is 1. The molecule has 3 heterocycles. The first-order valence-electron chi connectivity index (χ1n) is 17.8. The lowest BCUT2D eigenvalue weighted by molar-refractivity contribution is 1.25. The second kappa shape index (κ2) is 12.8. The fraction of sp³-hybridized carbons (Fsp3) is 0. The first-order valence-corrected chi connectivity index (χ1v) is 21.1. The number of fused-ring (bicyclic) bond motifs is 9. The molecule has 0 unspecified atom stereocenters. The zero-order chi connectivity index (χ0) is 35.8. The number of thiophene rings is 3. The van der Waals surface area contributed by atoms with Crippen LogP contribution in [0.4, 0.5) is 34.1 Å². The molecule has 8 aromatic carbocycles. The second-order valence-electron chi connectivity index (χ2n) is 13.5. The fourth-order valence-electron chi connectivity index (χ4n) is 7.85. The molecule has 0 aliphatic rings. The summed E-state index contributed by atoms with van der Waals surface area (Å²) in [5.41, 5.74) is 6.60. The van der Waals surface area contributed by atoms with Crippen LogP contribution in [0.15, 0.2) is 180 Å². The summed E-state index contributed by atoms with van der Waals surface area (Å²) in [6, 6.07) is 64.4. The van der Waals surface area contributed by atoms with Gasteiger partial charge in [0, 0.05) is 99.1 Å². The first kappa shape index (κ1) is 32.0. The lowest BCUT2D eigenvalue weighted by Gasteiger charge is -2.30. The molecule has 11 aromatic rings. The Balaban J connectivity index is 1.13. The van der Waals surface area contributed by atoms with Crippen molar-refractivity contribution >= 4 is 145 Å². The van der Waals surface area contributed by atoms with Gasteiger partial charge in [-0.2, -0.15) is 0 Å². The molecule has 0 radical (unpaired) electrons.